The second-order valence-electron chi connectivity index (χ2n) is 15.2. The van der Waals surface area contributed by atoms with Gasteiger partial charge < -0.3 is 9.47 Å². The maximum Gasteiger partial charge on any atom is 0.380 e. The first-order valence-electron chi connectivity index (χ1n) is 17.0. The number of hydrogen-bond acceptors (Lipinski definition) is 4. The van der Waals surface area contributed by atoms with Gasteiger partial charge in [0.15, 0.2) is 0 Å². The monoisotopic (exact) mass is 748 g/mol. The summed E-state index contributed by atoms with van der Waals surface area (Å²) in [5.41, 5.74) is -2.32. The molecule has 0 radical (unpaired) electrons. The molecule has 0 aliphatic heterocycles. The van der Waals surface area contributed by atoms with Gasteiger partial charge in [-0.05, 0) is 138 Å². The van der Waals surface area contributed by atoms with Crippen molar-refractivity contribution >= 4 is 33.8 Å². The molecule has 2 heterocycles. The van der Waals surface area contributed by atoms with Gasteiger partial charge in [-0.15, -0.1) is 22.7 Å². The van der Waals surface area contributed by atoms with E-state index < -0.39 is 40.1 Å². The molecule has 0 amide bonds. The fourth-order valence-electron chi connectivity index (χ4n) is 6.18. The molecule has 0 spiro atoms. The van der Waals surface area contributed by atoms with E-state index in [-0.39, 0.29) is 43.8 Å². The molecule has 2 aromatic heterocycles. The Bertz CT molecular complexity index is 1820. The quantitative estimate of drug-likeness (QED) is 0.150. The topological polar surface area (TPSA) is 18.5 Å². The highest BCUT2D eigenvalue weighted by atomic mass is 32.1. The number of allylic oxidation sites excluding steroid dienone is 2. The standard InChI is InChI=1S/C41H46F6O2S2/c1-21(2)37(9,10)48-29-17-13-27(14-18-29)35-23(5)31(25(7)50-35)33-34(40(44,45)41(46,47)39(33,42)43)32-24(6)36(51-26(32)8)28-15-19-30(20-16-28)49-38(11,12)22(3)4/h13-22H,1-12H3. The van der Waals surface area contributed by atoms with Gasteiger partial charge in [0.05, 0.1) is 0 Å². The average molecular weight is 749 g/mol. The molecule has 51 heavy (non-hydrogen) atoms. The molecule has 276 valence electrons. The lowest BCUT2D eigenvalue weighted by Crippen LogP contribution is -2.49. The molecule has 5 rings (SSSR count). The summed E-state index contributed by atoms with van der Waals surface area (Å²) in [6.07, 6.45) is 0. The van der Waals surface area contributed by atoms with Crippen LogP contribution in [0.2, 0.25) is 0 Å². The van der Waals surface area contributed by atoms with Gasteiger partial charge in [-0.3, -0.25) is 0 Å². The normalized spacial score (nSPS) is 17.2. The summed E-state index contributed by atoms with van der Waals surface area (Å²) in [6.45, 7) is 22.2. The third-order valence-electron chi connectivity index (χ3n) is 10.6. The highest BCUT2D eigenvalue weighted by Crippen LogP contribution is 2.67. The van der Waals surface area contributed by atoms with E-state index in [0.29, 0.717) is 32.4 Å². The van der Waals surface area contributed by atoms with Crippen molar-refractivity contribution in [1.29, 1.82) is 0 Å². The minimum Gasteiger partial charge on any atom is -0.488 e. The maximum atomic E-state index is 16.1. The van der Waals surface area contributed by atoms with Gasteiger partial charge in [-0.2, -0.15) is 26.3 Å². The number of thiophene rings is 2. The molecule has 0 fully saturated rings. The van der Waals surface area contributed by atoms with Crippen LogP contribution in [0.25, 0.3) is 32.0 Å². The first-order valence-corrected chi connectivity index (χ1v) is 18.7. The predicted molar refractivity (Wildman–Crippen MR) is 199 cm³/mol. The molecule has 0 N–H and O–H groups in total. The Labute approximate surface area is 305 Å². The molecule has 0 unspecified atom stereocenters. The molecule has 0 bridgehead atoms. The van der Waals surface area contributed by atoms with Gasteiger partial charge in [-0.25, -0.2) is 0 Å². The van der Waals surface area contributed by atoms with E-state index in [4.69, 9.17) is 9.47 Å². The van der Waals surface area contributed by atoms with E-state index in [0.717, 1.165) is 22.7 Å². The highest BCUT2D eigenvalue weighted by Gasteiger charge is 2.80. The number of alkyl halides is 6. The van der Waals surface area contributed by atoms with Crippen LogP contribution in [0.1, 0.15) is 87.4 Å². The Morgan fingerprint density at radius 2 is 0.824 bits per heavy atom. The van der Waals surface area contributed by atoms with E-state index >= 15 is 26.3 Å². The van der Waals surface area contributed by atoms with Crippen molar-refractivity contribution in [2.75, 3.05) is 0 Å². The number of hydrogen-bond donors (Lipinski definition) is 0. The Morgan fingerprint density at radius 3 is 1.10 bits per heavy atom. The lowest BCUT2D eigenvalue weighted by molar-refractivity contribution is -0.254. The largest absolute Gasteiger partial charge is 0.488 e. The van der Waals surface area contributed by atoms with Crippen LogP contribution >= 0.6 is 22.7 Å². The van der Waals surface area contributed by atoms with Crippen LogP contribution in [0.5, 0.6) is 11.5 Å². The first-order chi connectivity index (χ1) is 23.4. The van der Waals surface area contributed by atoms with Gasteiger partial charge >= 0.3 is 17.8 Å². The van der Waals surface area contributed by atoms with E-state index in [1.165, 1.54) is 27.7 Å². The molecule has 4 aromatic rings. The van der Waals surface area contributed by atoms with Crippen LogP contribution in [0.15, 0.2) is 48.5 Å². The van der Waals surface area contributed by atoms with E-state index in [1.807, 2.05) is 55.4 Å². The van der Waals surface area contributed by atoms with Gasteiger partial charge in [-0.1, -0.05) is 27.7 Å². The lowest BCUT2D eigenvalue weighted by atomic mass is 9.90. The molecule has 0 saturated carbocycles. The molecule has 10 heteroatoms. The predicted octanol–water partition coefficient (Wildman–Crippen LogP) is 13.8. The smallest absolute Gasteiger partial charge is 0.380 e. The van der Waals surface area contributed by atoms with Crippen LogP contribution < -0.4 is 9.47 Å². The summed E-state index contributed by atoms with van der Waals surface area (Å²) in [6, 6.07) is 14.1. The first kappa shape index (κ1) is 39.0. The maximum absolute atomic E-state index is 16.1. The minimum atomic E-state index is -5.66. The van der Waals surface area contributed by atoms with Crippen molar-refractivity contribution < 1.29 is 35.8 Å². The van der Waals surface area contributed by atoms with Crippen molar-refractivity contribution in [3.63, 3.8) is 0 Å². The zero-order valence-corrected chi connectivity index (χ0v) is 32.8. The van der Waals surface area contributed by atoms with Gasteiger partial charge in [0, 0.05) is 41.8 Å². The van der Waals surface area contributed by atoms with Crippen LogP contribution in [-0.4, -0.2) is 29.0 Å². The molecular weight excluding hydrogens is 703 g/mol. The van der Waals surface area contributed by atoms with Crippen LogP contribution in [-0.2, 0) is 0 Å². The lowest BCUT2D eigenvalue weighted by Gasteiger charge is -2.30. The van der Waals surface area contributed by atoms with Gasteiger partial charge in [0.2, 0.25) is 0 Å². The van der Waals surface area contributed by atoms with Crippen molar-refractivity contribution in [2.24, 2.45) is 11.8 Å². The SMILES string of the molecule is Cc1sc(-c2ccc(OC(C)(C)C(C)C)cc2)c(C)c1C1=C(c2c(C)sc(-c3ccc(OC(C)(C)C(C)C)cc3)c2C)C(F)(F)C(F)(F)C1(F)F. The Hall–Kier alpha value is -3.24. The summed E-state index contributed by atoms with van der Waals surface area (Å²) >= 11 is 2.23. The number of aryl methyl sites for hydroxylation is 2. The summed E-state index contributed by atoms with van der Waals surface area (Å²) in [7, 11) is 0. The second kappa shape index (κ2) is 13.0. The van der Waals surface area contributed by atoms with Crippen LogP contribution in [0, 0.1) is 39.5 Å². The Kier molecular flexibility index (Phi) is 9.94. The zero-order chi connectivity index (χ0) is 38.2. The molecule has 0 atom stereocenters. The number of benzene rings is 2. The molecule has 1 aliphatic rings. The van der Waals surface area contributed by atoms with Gasteiger partial charge in [0.1, 0.15) is 22.7 Å². The molecule has 2 aromatic carbocycles. The van der Waals surface area contributed by atoms with Crippen molar-refractivity contribution in [2.45, 2.75) is 112 Å². The summed E-state index contributed by atoms with van der Waals surface area (Å²) in [5.74, 6) is -14.3. The van der Waals surface area contributed by atoms with Crippen molar-refractivity contribution in [3.8, 4) is 32.4 Å². The minimum absolute atomic E-state index is 0.225. The molecule has 2 nitrogen and oxygen atoms in total. The van der Waals surface area contributed by atoms with Crippen molar-refractivity contribution in [1.82, 2.24) is 0 Å². The zero-order valence-electron chi connectivity index (χ0n) is 31.2. The average Bonchev–Trinajstić information content (AvgIpc) is 3.51. The number of ether oxygens (including phenoxy) is 2. The van der Waals surface area contributed by atoms with Crippen LogP contribution in [0.3, 0.4) is 0 Å². The molecular formula is C41H46F6O2S2. The Balaban J connectivity index is 1.65. The van der Waals surface area contributed by atoms with E-state index in [2.05, 4.69) is 0 Å². The number of rotatable bonds is 10. The number of halogens is 6. The Morgan fingerprint density at radius 1 is 0.529 bits per heavy atom. The van der Waals surface area contributed by atoms with Crippen molar-refractivity contribution in [3.05, 3.63) is 80.5 Å². The van der Waals surface area contributed by atoms with Gasteiger partial charge in [0.25, 0.3) is 0 Å². The third-order valence-corrected chi connectivity index (χ3v) is 13.1. The fraction of sp³-hybridized carbons (Fsp3) is 0.463. The molecule has 0 saturated heterocycles. The summed E-state index contributed by atoms with van der Waals surface area (Å²) in [5, 5.41) is 0. The van der Waals surface area contributed by atoms with E-state index in [1.54, 1.807) is 48.5 Å². The summed E-state index contributed by atoms with van der Waals surface area (Å²) < 4.78 is 108. The fourth-order valence-corrected chi connectivity index (χ4v) is 8.52. The van der Waals surface area contributed by atoms with E-state index in [9.17, 15) is 0 Å². The highest BCUT2D eigenvalue weighted by molar-refractivity contribution is 7.16. The second-order valence-corrected chi connectivity index (χ2v) is 17.7. The summed E-state index contributed by atoms with van der Waals surface area (Å²) in [4.78, 5) is 1.55. The molecule has 1 aliphatic carbocycles. The van der Waals surface area contributed by atoms with Crippen LogP contribution in [0.4, 0.5) is 26.3 Å². The third kappa shape index (κ3) is 6.42.